The molecule has 32 heavy (non-hydrogen) atoms. The average Bonchev–Trinajstić information content (AvgIpc) is 2.79. The molecule has 3 amide bonds. The molecule has 2 aliphatic heterocycles. The van der Waals surface area contributed by atoms with Gasteiger partial charge in [-0.1, -0.05) is 6.92 Å². The van der Waals surface area contributed by atoms with Crippen LogP contribution in [0.4, 0.5) is 16.2 Å². The smallest absolute Gasteiger partial charge is 0.326 e. The topological polar surface area (TPSA) is 68.8 Å². The fraction of sp³-hybridized carbons (Fsp3) is 0.458. The number of urea groups is 1. The summed E-state index contributed by atoms with van der Waals surface area (Å²) in [6.07, 6.45) is 1.14. The Morgan fingerprint density at radius 3 is 2.47 bits per heavy atom. The lowest BCUT2D eigenvalue weighted by Crippen LogP contribution is -2.48. The molecule has 1 aromatic heterocycles. The standard InChI is InChI=1S/C24H31N5O2S/c1-4-9-27-10-12-28(13-11-27)23(30)19-5-7-20(8-6-19)26-24(31)29-14-15-32-22-21(29)17(2)16-18(3)25-22/h5-8,16H,4,9-15H2,1-3H3,(H,26,31). The van der Waals surface area contributed by atoms with Crippen molar-refractivity contribution in [2.24, 2.45) is 0 Å². The number of hydrogen-bond acceptors (Lipinski definition) is 5. The molecule has 1 fully saturated rings. The molecule has 170 valence electrons. The van der Waals surface area contributed by atoms with E-state index < -0.39 is 0 Å². The molecule has 0 radical (unpaired) electrons. The van der Waals surface area contributed by atoms with E-state index in [0.717, 1.165) is 66.9 Å². The predicted molar refractivity (Wildman–Crippen MR) is 130 cm³/mol. The van der Waals surface area contributed by atoms with Crippen LogP contribution in [0.3, 0.4) is 0 Å². The van der Waals surface area contributed by atoms with Gasteiger partial charge in [-0.05, 0) is 62.7 Å². The molecule has 0 unspecified atom stereocenters. The molecule has 2 aliphatic rings. The Bertz CT molecular complexity index is 987. The van der Waals surface area contributed by atoms with Crippen LogP contribution in [-0.4, -0.2) is 71.7 Å². The minimum Gasteiger partial charge on any atom is -0.336 e. The highest BCUT2D eigenvalue weighted by Gasteiger charge is 2.26. The summed E-state index contributed by atoms with van der Waals surface area (Å²) < 4.78 is 0. The zero-order valence-electron chi connectivity index (χ0n) is 19.1. The fourth-order valence-corrected chi connectivity index (χ4v) is 5.42. The maximum atomic E-state index is 13.0. The number of amides is 3. The number of aromatic nitrogens is 1. The first-order chi connectivity index (χ1) is 15.5. The lowest BCUT2D eigenvalue weighted by atomic mass is 10.1. The molecule has 1 N–H and O–H groups in total. The molecule has 0 bridgehead atoms. The number of carbonyl (C=O) groups excluding carboxylic acids is 2. The van der Waals surface area contributed by atoms with Crippen molar-refractivity contribution in [1.29, 1.82) is 0 Å². The quantitative estimate of drug-likeness (QED) is 0.758. The normalized spacial score (nSPS) is 16.6. The summed E-state index contributed by atoms with van der Waals surface area (Å²) in [6.45, 7) is 11.3. The number of benzene rings is 1. The van der Waals surface area contributed by atoms with Gasteiger partial charge in [0.2, 0.25) is 0 Å². The average molecular weight is 454 g/mol. The van der Waals surface area contributed by atoms with Crippen molar-refractivity contribution in [2.45, 2.75) is 32.2 Å². The summed E-state index contributed by atoms with van der Waals surface area (Å²) in [4.78, 5) is 36.5. The summed E-state index contributed by atoms with van der Waals surface area (Å²) in [5.74, 6) is 0.869. The molecule has 0 aliphatic carbocycles. The summed E-state index contributed by atoms with van der Waals surface area (Å²) in [5.41, 5.74) is 4.23. The van der Waals surface area contributed by atoms with Gasteiger partial charge in [0.05, 0.1) is 5.69 Å². The number of aryl methyl sites for hydroxylation is 2. The zero-order chi connectivity index (χ0) is 22.7. The third-order valence-corrected chi connectivity index (χ3v) is 6.88. The van der Waals surface area contributed by atoms with E-state index in [1.54, 1.807) is 40.9 Å². The van der Waals surface area contributed by atoms with Crippen LogP contribution >= 0.6 is 11.8 Å². The lowest BCUT2D eigenvalue weighted by Gasteiger charge is -2.34. The largest absolute Gasteiger partial charge is 0.336 e. The van der Waals surface area contributed by atoms with E-state index >= 15 is 0 Å². The number of carbonyl (C=O) groups is 2. The fourth-order valence-electron chi connectivity index (χ4n) is 4.33. The number of pyridine rings is 1. The van der Waals surface area contributed by atoms with Crippen molar-refractivity contribution in [3.8, 4) is 0 Å². The highest BCUT2D eigenvalue weighted by Crippen LogP contribution is 2.36. The van der Waals surface area contributed by atoms with Crippen molar-refractivity contribution in [2.75, 3.05) is 55.2 Å². The van der Waals surface area contributed by atoms with E-state index in [0.29, 0.717) is 17.8 Å². The van der Waals surface area contributed by atoms with Gasteiger partial charge in [0.1, 0.15) is 5.03 Å². The Morgan fingerprint density at radius 1 is 1.06 bits per heavy atom. The number of hydrogen-bond donors (Lipinski definition) is 1. The Morgan fingerprint density at radius 2 is 1.78 bits per heavy atom. The van der Waals surface area contributed by atoms with Gasteiger partial charge in [0, 0.05) is 55.4 Å². The van der Waals surface area contributed by atoms with E-state index in [9.17, 15) is 9.59 Å². The van der Waals surface area contributed by atoms with Crippen molar-refractivity contribution in [3.05, 3.63) is 47.2 Å². The van der Waals surface area contributed by atoms with E-state index in [-0.39, 0.29) is 11.9 Å². The molecule has 0 atom stereocenters. The second-order valence-corrected chi connectivity index (χ2v) is 9.46. The van der Waals surface area contributed by atoms with Gasteiger partial charge in [-0.3, -0.25) is 14.6 Å². The molecule has 8 heteroatoms. The number of piperazine rings is 1. The number of anilines is 2. The molecule has 3 heterocycles. The van der Waals surface area contributed by atoms with Crippen molar-refractivity contribution in [3.63, 3.8) is 0 Å². The maximum absolute atomic E-state index is 13.0. The van der Waals surface area contributed by atoms with Gasteiger partial charge in [-0.15, -0.1) is 11.8 Å². The second kappa shape index (κ2) is 9.92. The van der Waals surface area contributed by atoms with Gasteiger partial charge in [-0.2, -0.15) is 0 Å². The second-order valence-electron chi connectivity index (χ2n) is 8.38. The molecule has 0 saturated carbocycles. The van der Waals surface area contributed by atoms with E-state index in [2.05, 4.69) is 22.1 Å². The summed E-state index contributed by atoms with van der Waals surface area (Å²) in [6, 6.07) is 9.04. The number of thioether (sulfide) groups is 1. The summed E-state index contributed by atoms with van der Waals surface area (Å²) in [7, 11) is 0. The number of nitrogens with one attached hydrogen (secondary N) is 1. The lowest BCUT2D eigenvalue weighted by molar-refractivity contribution is 0.0637. The third-order valence-electron chi connectivity index (χ3n) is 5.93. The first kappa shape index (κ1) is 22.6. The van der Waals surface area contributed by atoms with Crippen LogP contribution in [0.25, 0.3) is 0 Å². The third kappa shape index (κ3) is 4.91. The molecular formula is C24H31N5O2S. The molecule has 1 aromatic carbocycles. The monoisotopic (exact) mass is 453 g/mol. The van der Waals surface area contributed by atoms with Gasteiger partial charge in [-0.25, -0.2) is 9.78 Å². The Kier molecular flexibility index (Phi) is 7.01. The SMILES string of the molecule is CCCN1CCN(C(=O)c2ccc(NC(=O)N3CCSc4nc(C)cc(C)c43)cc2)CC1. The van der Waals surface area contributed by atoms with Crippen LogP contribution in [0.15, 0.2) is 35.4 Å². The van der Waals surface area contributed by atoms with Gasteiger partial charge in [0.15, 0.2) is 0 Å². The van der Waals surface area contributed by atoms with Crippen LogP contribution in [-0.2, 0) is 0 Å². The van der Waals surface area contributed by atoms with Crippen LogP contribution < -0.4 is 10.2 Å². The van der Waals surface area contributed by atoms with Crippen LogP contribution in [0, 0.1) is 13.8 Å². The Balaban J connectivity index is 1.40. The number of fused-ring (bicyclic) bond motifs is 1. The van der Waals surface area contributed by atoms with Gasteiger partial charge in [0.25, 0.3) is 5.91 Å². The van der Waals surface area contributed by atoms with E-state index in [1.807, 2.05) is 24.8 Å². The number of rotatable bonds is 4. The van der Waals surface area contributed by atoms with Crippen LogP contribution in [0.1, 0.15) is 35.0 Å². The predicted octanol–water partition coefficient (Wildman–Crippen LogP) is 4.01. The highest BCUT2D eigenvalue weighted by molar-refractivity contribution is 7.99. The zero-order valence-corrected chi connectivity index (χ0v) is 19.9. The number of nitrogens with zero attached hydrogens (tertiary/aromatic N) is 4. The van der Waals surface area contributed by atoms with Crippen molar-refractivity contribution in [1.82, 2.24) is 14.8 Å². The maximum Gasteiger partial charge on any atom is 0.326 e. The molecule has 2 aromatic rings. The van der Waals surface area contributed by atoms with Crippen molar-refractivity contribution >= 4 is 35.1 Å². The molecule has 0 spiro atoms. The molecule has 7 nitrogen and oxygen atoms in total. The van der Waals surface area contributed by atoms with Gasteiger partial charge >= 0.3 is 6.03 Å². The summed E-state index contributed by atoms with van der Waals surface area (Å²) in [5, 5.41) is 3.88. The molecule has 1 saturated heterocycles. The van der Waals surface area contributed by atoms with Crippen LogP contribution in [0.2, 0.25) is 0 Å². The highest BCUT2D eigenvalue weighted by atomic mass is 32.2. The first-order valence-corrected chi connectivity index (χ1v) is 12.3. The minimum absolute atomic E-state index is 0.0538. The molecule has 4 rings (SSSR count). The molecular weight excluding hydrogens is 422 g/mol. The van der Waals surface area contributed by atoms with E-state index in [1.165, 1.54) is 0 Å². The summed E-state index contributed by atoms with van der Waals surface area (Å²) >= 11 is 1.69. The first-order valence-electron chi connectivity index (χ1n) is 11.3. The van der Waals surface area contributed by atoms with Crippen molar-refractivity contribution < 1.29 is 9.59 Å². The van der Waals surface area contributed by atoms with E-state index in [4.69, 9.17) is 0 Å². The Labute approximate surface area is 194 Å². The van der Waals surface area contributed by atoms with Gasteiger partial charge < -0.3 is 10.2 Å². The van der Waals surface area contributed by atoms with Crippen LogP contribution in [0.5, 0.6) is 0 Å². The Hall–Kier alpha value is -2.58. The minimum atomic E-state index is -0.175.